The van der Waals surface area contributed by atoms with Gasteiger partial charge in [0.25, 0.3) is 0 Å². The second kappa shape index (κ2) is 5.09. The molecular formula is C16H26. The zero-order valence-corrected chi connectivity index (χ0v) is 11.6. The molecule has 0 spiro atoms. The minimum absolute atomic E-state index is 0.267. The van der Waals surface area contributed by atoms with Crippen LogP contribution in [0.1, 0.15) is 66.7 Å². The van der Waals surface area contributed by atoms with Crippen molar-refractivity contribution < 1.29 is 0 Å². The molecule has 0 aromatic rings. The van der Waals surface area contributed by atoms with Gasteiger partial charge < -0.3 is 0 Å². The van der Waals surface area contributed by atoms with E-state index in [4.69, 9.17) is 0 Å². The second-order valence-corrected chi connectivity index (χ2v) is 6.02. The van der Waals surface area contributed by atoms with E-state index in [1.165, 1.54) is 31.3 Å². The molecule has 0 heteroatoms. The SMILES string of the molecule is CCCCCCC#CC1=CC(C)(C)C1(C)C. The average molecular weight is 218 g/mol. The molecule has 0 aliphatic heterocycles. The highest BCUT2D eigenvalue weighted by Gasteiger charge is 2.45. The standard InChI is InChI=1S/C16H26/c1-6-7-8-9-10-11-12-14-13-15(2,3)16(14,4)5/h13H,6-10H2,1-5H3. The zero-order chi connectivity index (χ0) is 12.2. The second-order valence-electron chi connectivity index (χ2n) is 6.02. The van der Waals surface area contributed by atoms with Gasteiger partial charge in [0.1, 0.15) is 0 Å². The van der Waals surface area contributed by atoms with Gasteiger partial charge in [-0.25, -0.2) is 0 Å². The smallest absolute Gasteiger partial charge is 0.00923 e. The molecule has 0 unspecified atom stereocenters. The molecule has 0 aromatic carbocycles. The van der Waals surface area contributed by atoms with Gasteiger partial charge in [-0.05, 0) is 11.8 Å². The van der Waals surface area contributed by atoms with Gasteiger partial charge in [-0.2, -0.15) is 0 Å². The van der Waals surface area contributed by atoms with Gasteiger partial charge in [0, 0.05) is 17.4 Å². The van der Waals surface area contributed by atoms with Crippen LogP contribution in [0, 0.1) is 22.7 Å². The molecule has 0 saturated heterocycles. The van der Waals surface area contributed by atoms with Crippen LogP contribution in [0.4, 0.5) is 0 Å². The summed E-state index contributed by atoms with van der Waals surface area (Å²) in [7, 11) is 0. The summed E-state index contributed by atoms with van der Waals surface area (Å²) < 4.78 is 0. The Hall–Kier alpha value is -0.700. The molecule has 1 aliphatic rings. The minimum atomic E-state index is 0.267. The number of rotatable bonds is 4. The summed E-state index contributed by atoms with van der Waals surface area (Å²) in [6, 6.07) is 0. The first kappa shape index (κ1) is 13.4. The first-order chi connectivity index (χ1) is 7.42. The Balaban J connectivity index is 2.37. The highest BCUT2D eigenvalue weighted by molar-refractivity contribution is 5.45. The maximum absolute atomic E-state index is 3.35. The van der Waals surface area contributed by atoms with Gasteiger partial charge in [0.15, 0.2) is 0 Å². The molecule has 0 amide bonds. The van der Waals surface area contributed by atoms with Gasteiger partial charge in [0.2, 0.25) is 0 Å². The van der Waals surface area contributed by atoms with Crippen LogP contribution in [0.25, 0.3) is 0 Å². The molecule has 0 saturated carbocycles. The fourth-order valence-corrected chi connectivity index (χ4v) is 1.98. The average Bonchev–Trinajstić information content (AvgIpc) is 2.21. The van der Waals surface area contributed by atoms with E-state index in [0.717, 1.165) is 6.42 Å². The van der Waals surface area contributed by atoms with Gasteiger partial charge in [0.05, 0.1) is 0 Å². The molecule has 0 heterocycles. The van der Waals surface area contributed by atoms with Crippen molar-refractivity contribution >= 4 is 0 Å². The summed E-state index contributed by atoms with van der Waals surface area (Å²) in [4.78, 5) is 0. The lowest BCUT2D eigenvalue weighted by atomic mass is 9.55. The lowest BCUT2D eigenvalue weighted by Crippen LogP contribution is -2.40. The molecule has 0 aromatic heterocycles. The predicted molar refractivity (Wildman–Crippen MR) is 72.2 cm³/mol. The Bertz CT molecular complexity index is 318. The van der Waals surface area contributed by atoms with Crippen LogP contribution in [0.3, 0.4) is 0 Å². The summed E-state index contributed by atoms with van der Waals surface area (Å²) in [6.45, 7) is 11.4. The van der Waals surface area contributed by atoms with Crippen molar-refractivity contribution in [3.8, 4) is 11.8 Å². The highest BCUT2D eigenvalue weighted by atomic mass is 14.5. The molecule has 0 N–H and O–H groups in total. The number of allylic oxidation sites excluding steroid dienone is 2. The summed E-state index contributed by atoms with van der Waals surface area (Å²) >= 11 is 0. The summed E-state index contributed by atoms with van der Waals surface area (Å²) in [5.41, 5.74) is 1.93. The Morgan fingerprint density at radius 2 is 1.75 bits per heavy atom. The van der Waals surface area contributed by atoms with Crippen molar-refractivity contribution in [3.63, 3.8) is 0 Å². The summed E-state index contributed by atoms with van der Waals surface area (Å²) in [5.74, 6) is 6.67. The van der Waals surface area contributed by atoms with Gasteiger partial charge >= 0.3 is 0 Å². The van der Waals surface area contributed by atoms with Crippen molar-refractivity contribution in [1.82, 2.24) is 0 Å². The van der Waals surface area contributed by atoms with Crippen LogP contribution < -0.4 is 0 Å². The van der Waals surface area contributed by atoms with E-state index in [9.17, 15) is 0 Å². The summed E-state index contributed by atoms with van der Waals surface area (Å²) in [5, 5.41) is 0. The number of unbranched alkanes of at least 4 members (excludes halogenated alkanes) is 4. The van der Waals surface area contributed by atoms with Crippen molar-refractivity contribution in [2.45, 2.75) is 66.7 Å². The first-order valence-electron chi connectivity index (χ1n) is 6.64. The normalized spacial score (nSPS) is 20.4. The largest absolute Gasteiger partial charge is 0.0982 e. The van der Waals surface area contributed by atoms with Crippen molar-refractivity contribution in [2.75, 3.05) is 0 Å². The number of hydrogen-bond donors (Lipinski definition) is 0. The lowest BCUT2D eigenvalue weighted by molar-refractivity contribution is 0.174. The Kier molecular flexibility index (Phi) is 4.25. The quantitative estimate of drug-likeness (QED) is 0.462. The van der Waals surface area contributed by atoms with Crippen LogP contribution in [-0.2, 0) is 0 Å². The van der Waals surface area contributed by atoms with Crippen molar-refractivity contribution in [2.24, 2.45) is 10.8 Å². The van der Waals surface area contributed by atoms with E-state index in [0.29, 0.717) is 5.41 Å². The minimum Gasteiger partial charge on any atom is -0.0982 e. The molecule has 0 bridgehead atoms. The topological polar surface area (TPSA) is 0 Å². The predicted octanol–water partition coefficient (Wildman–Crippen LogP) is 4.95. The van der Waals surface area contributed by atoms with Gasteiger partial charge in [-0.15, -0.1) is 0 Å². The Labute approximate surface area is 102 Å². The molecule has 0 atom stereocenters. The van der Waals surface area contributed by atoms with Gasteiger partial charge in [-0.3, -0.25) is 0 Å². The molecule has 0 nitrogen and oxygen atoms in total. The fourth-order valence-electron chi connectivity index (χ4n) is 1.98. The van der Waals surface area contributed by atoms with E-state index in [1.54, 1.807) is 0 Å². The van der Waals surface area contributed by atoms with E-state index in [2.05, 4.69) is 52.5 Å². The van der Waals surface area contributed by atoms with E-state index < -0.39 is 0 Å². The Morgan fingerprint density at radius 3 is 2.25 bits per heavy atom. The van der Waals surface area contributed by atoms with E-state index in [1.807, 2.05) is 0 Å². The molecule has 16 heavy (non-hydrogen) atoms. The van der Waals surface area contributed by atoms with Crippen molar-refractivity contribution in [1.29, 1.82) is 0 Å². The molecule has 0 radical (unpaired) electrons. The first-order valence-corrected chi connectivity index (χ1v) is 6.64. The van der Waals surface area contributed by atoms with Crippen LogP contribution in [0.2, 0.25) is 0 Å². The van der Waals surface area contributed by atoms with Crippen LogP contribution in [0.5, 0.6) is 0 Å². The zero-order valence-electron chi connectivity index (χ0n) is 11.6. The van der Waals surface area contributed by atoms with Crippen LogP contribution in [-0.4, -0.2) is 0 Å². The molecule has 0 fully saturated rings. The molecule has 1 rings (SSSR count). The Morgan fingerprint density at radius 1 is 1.06 bits per heavy atom. The maximum atomic E-state index is 3.35. The van der Waals surface area contributed by atoms with Crippen LogP contribution >= 0.6 is 0 Å². The third-order valence-corrected chi connectivity index (χ3v) is 4.17. The third-order valence-electron chi connectivity index (χ3n) is 4.17. The maximum Gasteiger partial charge on any atom is 0.00923 e. The van der Waals surface area contributed by atoms with E-state index >= 15 is 0 Å². The lowest BCUT2D eigenvalue weighted by Gasteiger charge is -2.48. The van der Waals surface area contributed by atoms with Crippen molar-refractivity contribution in [3.05, 3.63) is 11.6 Å². The van der Waals surface area contributed by atoms with Crippen LogP contribution in [0.15, 0.2) is 11.6 Å². The fraction of sp³-hybridized carbons (Fsp3) is 0.750. The van der Waals surface area contributed by atoms with E-state index in [-0.39, 0.29) is 5.41 Å². The highest BCUT2D eigenvalue weighted by Crippen LogP contribution is 2.54. The summed E-state index contributed by atoms with van der Waals surface area (Å²) in [6.07, 6.45) is 8.64. The van der Waals surface area contributed by atoms with Gasteiger partial charge in [-0.1, -0.05) is 71.8 Å². The molecule has 90 valence electrons. The third kappa shape index (κ3) is 2.70. The monoisotopic (exact) mass is 218 g/mol. The molecular weight excluding hydrogens is 192 g/mol. The molecule has 1 aliphatic carbocycles. The number of hydrogen-bond acceptors (Lipinski definition) is 0.